The SMILES string of the molecule is CC(=O)C/C(=C\NC1=CCC(C)C=C1Oc1ccccc1)OCC1CC1. The van der Waals surface area contributed by atoms with Gasteiger partial charge in [0.2, 0.25) is 0 Å². The normalized spacial score (nSPS) is 20.1. The molecule has 1 unspecified atom stereocenters. The van der Waals surface area contributed by atoms with E-state index in [1.165, 1.54) is 12.8 Å². The summed E-state index contributed by atoms with van der Waals surface area (Å²) in [6, 6.07) is 9.75. The highest BCUT2D eigenvalue weighted by Crippen LogP contribution is 2.30. The summed E-state index contributed by atoms with van der Waals surface area (Å²) < 4.78 is 11.9. The van der Waals surface area contributed by atoms with Crippen molar-refractivity contribution in [1.29, 1.82) is 0 Å². The number of ether oxygens (including phenoxy) is 2. The molecule has 1 aromatic carbocycles. The second-order valence-electron chi connectivity index (χ2n) is 7.16. The van der Waals surface area contributed by atoms with Crippen molar-refractivity contribution in [2.75, 3.05) is 6.61 Å². The summed E-state index contributed by atoms with van der Waals surface area (Å²) in [4.78, 5) is 11.5. The van der Waals surface area contributed by atoms with Gasteiger partial charge in [0.15, 0.2) is 0 Å². The first-order valence-corrected chi connectivity index (χ1v) is 9.33. The zero-order valence-corrected chi connectivity index (χ0v) is 15.5. The molecule has 2 aliphatic carbocycles. The molecule has 1 N–H and O–H groups in total. The van der Waals surface area contributed by atoms with E-state index < -0.39 is 0 Å². The number of rotatable bonds is 9. The van der Waals surface area contributed by atoms with Crippen molar-refractivity contribution in [1.82, 2.24) is 5.32 Å². The zero-order chi connectivity index (χ0) is 18.4. The summed E-state index contributed by atoms with van der Waals surface area (Å²) in [5.74, 6) is 3.46. The molecule has 4 nitrogen and oxygen atoms in total. The predicted octanol–water partition coefficient (Wildman–Crippen LogP) is 4.71. The van der Waals surface area contributed by atoms with Crippen molar-refractivity contribution < 1.29 is 14.3 Å². The first-order chi connectivity index (χ1) is 12.6. The van der Waals surface area contributed by atoms with Gasteiger partial charge in [0.05, 0.1) is 18.7 Å². The second kappa shape index (κ2) is 8.75. The van der Waals surface area contributed by atoms with Gasteiger partial charge in [-0.2, -0.15) is 0 Å². The molecule has 26 heavy (non-hydrogen) atoms. The summed E-state index contributed by atoms with van der Waals surface area (Å²) in [6.07, 6.45) is 9.76. The van der Waals surface area contributed by atoms with Crippen molar-refractivity contribution >= 4 is 5.78 Å². The van der Waals surface area contributed by atoms with Gasteiger partial charge in [-0.15, -0.1) is 0 Å². The van der Waals surface area contributed by atoms with E-state index in [9.17, 15) is 4.79 Å². The van der Waals surface area contributed by atoms with Crippen LogP contribution in [0.25, 0.3) is 0 Å². The number of nitrogens with one attached hydrogen (secondary N) is 1. The molecular weight excluding hydrogens is 326 g/mol. The van der Waals surface area contributed by atoms with Crippen LogP contribution in [0.4, 0.5) is 0 Å². The van der Waals surface area contributed by atoms with Crippen molar-refractivity contribution in [3.8, 4) is 5.75 Å². The number of Topliss-reactive ketones (excluding diaryl/α,β-unsaturated/α-hetero) is 1. The van der Waals surface area contributed by atoms with Crippen molar-refractivity contribution in [3.63, 3.8) is 0 Å². The van der Waals surface area contributed by atoms with Crippen LogP contribution >= 0.6 is 0 Å². The van der Waals surface area contributed by atoms with Crippen LogP contribution in [0.1, 0.15) is 39.5 Å². The number of ketones is 1. The molecule has 0 heterocycles. The standard InChI is InChI=1S/C22H27NO3/c1-16-8-11-21(22(12-16)26-19-6-4-3-5-7-19)23-14-20(13-17(2)24)25-15-18-9-10-18/h3-7,11-12,14,16,18,23H,8-10,13,15H2,1-2H3/b20-14+. The molecule has 1 atom stereocenters. The predicted molar refractivity (Wildman–Crippen MR) is 102 cm³/mol. The lowest BCUT2D eigenvalue weighted by atomic mass is 10.0. The number of benzene rings is 1. The van der Waals surface area contributed by atoms with E-state index in [4.69, 9.17) is 9.47 Å². The molecular formula is C22H27NO3. The highest BCUT2D eigenvalue weighted by Gasteiger charge is 2.22. The Morgan fingerprint density at radius 3 is 2.73 bits per heavy atom. The van der Waals surface area contributed by atoms with E-state index in [0.717, 1.165) is 23.6 Å². The highest BCUT2D eigenvalue weighted by molar-refractivity contribution is 5.77. The fourth-order valence-electron chi connectivity index (χ4n) is 2.71. The third-order valence-corrected chi connectivity index (χ3v) is 4.38. The third kappa shape index (κ3) is 5.80. The molecule has 0 bridgehead atoms. The Labute approximate surface area is 155 Å². The van der Waals surface area contributed by atoms with Crippen molar-refractivity contribution in [2.24, 2.45) is 11.8 Å². The average Bonchev–Trinajstić information content (AvgIpc) is 3.43. The Morgan fingerprint density at radius 2 is 2.04 bits per heavy atom. The molecule has 1 saturated carbocycles. The Hall–Kier alpha value is -2.49. The number of carbonyl (C=O) groups excluding carboxylic acids is 1. The number of hydrogen-bond acceptors (Lipinski definition) is 4. The molecule has 2 aliphatic rings. The molecule has 0 aromatic heterocycles. The van der Waals surface area contributed by atoms with Crippen LogP contribution in [0.15, 0.2) is 65.9 Å². The number of carbonyl (C=O) groups is 1. The molecule has 1 aromatic rings. The summed E-state index contributed by atoms with van der Waals surface area (Å²) in [7, 11) is 0. The first kappa shape index (κ1) is 18.3. The Morgan fingerprint density at radius 1 is 1.27 bits per heavy atom. The van der Waals surface area contributed by atoms with E-state index in [1.807, 2.05) is 30.3 Å². The molecule has 3 rings (SSSR count). The smallest absolute Gasteiger partial charge is 0.146 e. The number of allylic oxidation sites excluding steroid dienone is 3. The van der Waals surface area contributed by atoms with E-state index in [0.29, 0.717) is 30.6 Å². The molecule has 0 spiro atoms. The van der Waals surface area contributed by atoms with Gasteiger partial charge in [-0.3, -0.25) is 4.79 Å². The molecule has 4 heteroatoms. The largest absolute Gasteiger partial charge is 0.496 e. The first-order valence-electron chi connectivity index (χ1n) is 9.33. The third-order valence-electron chi connectivity index (χ3n) is 4.38. The monoisotopic (exact) mass is 353 g/mol. The lowest BCUT2D eigenvalue weighted by Gasteiger charge is -2.20. The molecule has 0 aliphatic heterocycles. The molecule has 0 amide bonds. The van der Waals surface area contributed by atoms with Gasteiger partial charge < -0.3 is 14.8 Å². The van der Waals surface area contributed by atoms with E-state index >= 15 is 0 Å². The summed E-state index contributed by atoms with van der Waals surface area (Å²) in [5.41, 5.74) is 0.906. The van der Waals surface area contributed by atoms with Crippen molar-refractivity contribution in [3.05, 3.63) is 65.9 Å². The Balaban J connectivity index is 1.67. The fourth-order valence-corrected chi connectivity index (χ4v) is 2.71. The van der Waals surface area contributed by atoms with Gasteiger partial charge in [-0.05, 0) is 56.2 Å². The molecule has 1 fully saturated rings. The molecule has 138 valence electrons. The lowest BCUT2D eigenvalue weighted by molar-refractivity contribution is -0.117. The number of hydrogen-bond donors (Lipinski definition) is 1. The summed E-state index contributed by atoms with van der Waals surface area (Å²) in [6.45, 7) is 4.44. The van der Waals surface area contributed by atoms with Crippen LogP contribution in [0.2, 0.25) is 0 Å². The van der Waals surface area contributed by atoms with Gasteiger partial charge in [-0.25, -0.2) is 0 Å². The van der Waals surface area contributed by atoms with E-state index in [2.05, 4.69) is 24.4 Å². The average molecular weight is 353 g/mol. The number of para-hydroxylation sites is 1. The van der Waals surface area contributed by atoms with Gasteiger partial charge >= 0.3 is 0 Å². The van der Waals surface area contributed by atoms with Gasteiger partial charge in [0.1, 0.15) is 23.1 Å². The summed E-state index contributed by atoms with van der Waals surface area (Å²) in [5, 5.41) is 3.29. The molecule has 0 radical (unpaired) electrons. The lowest BCUT2D eigenvalue weighted by Crippen LogP contribution is -2.17. The Bertz CT molecular complexity index is 714. The topological polar surface area (TPSA) is 47.6 Å². The van der Waals surface area contributed by atoms with Crippen molar-refractivity contribution in [2.45, 2.75) is 39.5 Å². The quantitative estimate of drug-likeness (QED) is 0.653. The van der Waals surface area contributed by atoms with Crippen LogP contribution < -0.4 is 10.1 Å². The highest BCUT2D eigenvalue weighted by atomic mass is 16.5. The fraction of sp³-hybridized carbons (Fsp3) is 0.409. The van der Waals surface area contributed by atoms with Crippen LogP contribution in [0.5, 0.6) is 5.75 Å². The van der Waals surface area contributed by atoms with E-state index in [-0.39, 0.29) is 5.78 Å². The molecule has 0 saturated heterocycles. The minimum atomic E-state index is 0.0939. The van der Waals surface area contributed by atoms with Gasteiger partial charge in [0, 0.05) is 6.20 Å². The Kier molecular flexibility index (Phi) is 6.16. The zero-order valence-electron chi connectivity index (χ0n) is 15.5. The van der Waals surface area contributed by atoms with Gasteiger partial charge in [-0.1, -0.05) is 31.2 Å². The van der Waals surface area contributed by atoms with Crippen LogP contribution in [-0.4, -0.2) is 12.4 Å². The maximum atomic E-state index is 11.5. The van der Waals surface area contributed by atoms with Crippen LogP contribution in [0, 0.1) is 11.8 Å². The summed E-state index contributed by atoms with van der Waals surface area (Å²) >= 11 is 0. The maximum Gasteiger partial charge on any atom is 0.146 e. The van der Waals surface area contributed by atoms with Crippen LogP contribution in [-0.2, 0) is 9.53 Å². The maximum absolute atomic E-state index is 11.5. The van der Waals surface area contributed by atoms with Crippen LogP contribution in [0.3, 0.4) is 0 Å². The second-order valence-corrected chi connectivity index (χ2v) is 7.16. The minimum Gasteiger partial charge on any atom is -0.496 e. The minimum absolute atomic E-state index is 0.0939. The van der Waals surface area contributed by atoms with E-state index in [1.54, 1.807) is 13.1 Å². The van der Waals surface area contributed by atoms with Gasteiger partial charge in [0.25, 0.3) is 0 Å².